The fraction of sp³-hybridized carbons (Fsp3) is 0. The molecule has 0 aliphatic heterocycles. The Kier molecular flexibility index (Phi) is 6.39. The predicted molar refractivity (Wildman–Crippen MR) is 210 cm³/mol. The third-order valence-electron chi connectivity index (χ3n) is 9.66. The van der Waals surface area contributed by atoms with E-state index in [-0.39, 0.29) is 0 Å². The number of fused-ring (bicyclic) bond motifs is 8. The molecular weight excluding hydrogens is 615 g/mol. The lowest BCUT2D eigenvalue weighted by atomic mass is 9.93. The maximum atomic E-state index is 6.74. The zero-order valence-electron chi connectivity index (χ0n) is 26.5. The second kappa shape index (κ2) is 11.2. The average Bonchev–Trinajstić information content (AvgIpc) is 3.75. The van der Waals surface area contributed by atoms with Crippen LogP contribution < -0.4 is 4.90 Å². The molecule has 0 radical (unpaired) electrons. The highest BCUT2D eigenvalue weighted by molar-refractivity contribution is 7.25. The molecule has 0 aliphatic carbocycles. The Hall–Kier alpha value is -6.16. The normalized spacial score (nSPS) is 11.7. The summed E-state index contributed by atoms with van der Waals surface area (Å²) < 4.78 is 9.39. The highest BCUT2D eigenvalue weighted by Gasteiger charge is 2.21. The van der Waals surface area contributed by atoms with Crippen LogP contribution in [0.15, 0.2) is 180 Å². The molecule has 0 spiro atoms. The van der Waals surface area contributed by atoms with Gasteiger partial charge in [0, 0.05) is 42.3 Å². The van der Waals surface area contributed by atoms with E-state index in [0.717, 1.165) is 44.4 Å². The summed E-state index contributed by atoms with van der Waals surface area (Å²) in [7, 11) is 0. The maximum Gasteiger partial charge on any atom is 0.143 e. The molecule has 8 aromatic carbocycles. The Morgan fingerprint density at radius 2 is 1.00 bits per heavy atom. The molecule has 10 rings (SSSR count). The molecule has 0 aliphatic rings. The van der Waals surface area contributed by atoms with E-state index in [1.54, 1.807) is 0 Å². The van der Waals surface area contributed by atoms with Gasteiger partial charge in [0.15, 0.2) is 0 Å². The van der Waals surface area contributed by atoms with Crippen LogP contribution >= 0.6 is 11.3 Å². The van der Waals surface area contributed by atoms with E-state index in [2.05, 4.69) is 181 Å². The maximum absolute atomic E-state index is 6.74. The molecule has 10 aromatic rings. The summed E-state index contributed by atoms with van der Waals surface area (Å²) in [6.07, 6.45) is 0. The van der Waals surface area contributed by atoms with Gasteiger partial charge in [-0.05, 0) is 82.2 Å². The van der Waals surface area contributed by atoms with Crippen molar-refractivity contribution in [3.8, 4) is 22.3 Å². The Morgan fingerprint density at radius 3 is 1.73 bits per heavy atom. The summed E-state index contributed by atoms with van der Waals surface area (Å²) in [5, 5.41) is 7.15. The predicted octanol–water partition coefficient (Wildman–Crippen LogP) is 13.9. The number of rotatable bonds is 5. The zero-order chi connectivity index (χ0) is 32.3. The van der Waals surface area contributed by atoms with Crippen LogP contribution in [0.1, 0.15) is 0 Å². The van der Waals surface area contributed by atoms with Gasteiger partial charge < -0.3 is 9.32 Å². The number of nitrogens with zero attached hydrogens (tertiary/aromatic N) is 1. The zero-order valence-corrected chi connectivity index (χ0v) is 27.3. The van der Waals surface area contributed by atoms with Crippen LogP contribution in [-0.4, -0.2) is 0 Å². The van der Waals surface area contributed by atoms with E-state index in [0.29, 0.717) is 0 Å². The molecule has 0 bridgehead atoms. The molecule has 0 amide bonds. The molecule has 2 aromatic heterocycles. The van der Waals surface area contributed by atoms with Crippen molar-refractivity contribution in [3.63, 3.8) is 0 Å². The van der Waals surface area contributed by atoms with E-state index >= 15 is 0 Å². The first-order valence-corrected chi connectivity index (χ1v) is 17.4. The van der Waals surface area contributed by atoms with Gasteiger partial charge in [0.05, 0.1) is 11.1 Å². The Morgan fingerprint density at radius 1 is 0.408 bits per heavy atom. The highest BCUT2D eigenvalue weighted by Crippen LogP contribution is 2.46. The smallest absolute Gasteiger partial charge is 0.143 e. The summed E-state index contributed by atoms with van der Waals surface area (Å²) in [5.74, 6) is 0. The van der Waals surface area contributed by atoms with Crippen LogP contribution in [0.5, 0.6) is 0 Å². The first kappa shape index (κ1) is 27.9. The van der Waals surface area contributed by atoms with E-state index in [4.69, 9.17) is 4.42 Å². The third kappa shape index (κ3) is 4.47. The highest BCUT2D eigenvalue weighted by atomic mass is 32.1. The van der Waals surface area contributed by atoms with Gasteiger partial charge in [-0.25, -0.2) is 0 Å². The Labute approximate surface area is 287 Å². The van der Waals surface area contributed by atoms with Gasteiger partial charge >= 0.3 is 0 Å². The van der Waals surface area contributed by atoms with Crippen LogP contribution in [0.4, 0.5) is 17.1 Å². The van der Waals surface area contributed by atoms with Crippen molar-refractivity contribution >= 4 is 81.3 Å². The molecule has 49 heavy (non-hydrogen) atoms. The second-order valence-electron chi connectivity index (χ2n) is 12.5. The van der Waals surface area contributed by atoms with Gasteiger partial charge in [0.2, 0.25) is 0 Å². The van der Waals surface area contributed by atoms with Crippen LogP contribution in [0.25, 0.3) is 75.1 Å². The topological polar surface area (TPSA) is 16.4 Å². The Balaban J connectivity index is 1.18. The summed E-state index contributed by atoms with van der Waals surface area (Å²) >= 11 is 1.86. The van der Waals surface area contributed by atoms with Crippen molar-refractivity contribution in [3.05, 3.63) is 176 Å². The van der Waals surface area contributed by atoms with E-state index < -0.39 is 0 Å². The average molecular weight is 644 g/mol. The molecule has 0 atom stereocenters. The van der Waals surface area contributed by atoms with Gasteiger partial charge in [-0.15, -0.1) is 11.3 Å². The van der Waals surface area contributed by atoms with Crippen molar-refractivity contribution in [1.29, 1.82) is 0 Å². The van der Waals surface area contributed by atoms with E-state index in [1.165, 1.54) is 47.8 Å². The van der Waals surface area contributed by atoms with Crippen molar-refractivity contribution in [2.24, 2.45) is 0 Å². The molecule has 3 heteroatoms. The van der Waals surface area contributed by atoms with E-state index in [1.807, 2.05) is 11.3 Å². The minimum Gasteiger partial charge on any atom is -0.455 e. The number of anilines is 3. The van der Waals surface area contributed by atoms with Crippen molar-refractivity contribution in [2.75, 3.05) is 4.90 Å². The molecule has 230 valence electrons. The SMILES string of the molecule is c1ccc(N(c2ccccc2)c2cccc3oc4c5ccccc5c(-c5ccc(-c6cccc7sc8ccccc8c67)cc5)cc4c23)cc1. The minimum absolute atomic E-state index is 0.873. The Bertz CT molecular complexity index is 2770. The lowest BCUT2D eigenvalue weighted by Gasteiger charge is -2.26. The molecule has 2 heterocycles. The summed E-state index contributed by atoms with van der Waals surface area (Å²) in [4.78, 5) is 2.33. The lowest BCUT2D eigenvalue weighted by molar-refractivity contribution is 0.672. The van der Waals surface area contributed by atoms with Gasteiger partial charge in [-0.3, -0.25) is 0 Å². The monoisotopic (exact) mass is 643 g/mol. The van der Waals surface area contributed by atoms with Gasteiger partial charge in [0.1, 0.15) is 11.2 Å². The molecule has 0 saturated heterocycles. The first-order chi connectivity index (χ1) is 24.3. The lowest BCUT2D eigenvalue weighted by Crippen LogP contribution is -2.09. The number of thiophene rings is 1. The van der Waals surface area contributed by atoms with Crippen molar-refractivity contribution in [1.82, 2.24) is 0 Å². The van der Waals surface area contributed by atoms with E-state index in [9.17, 15) is 0 Å². The van der Waals surface area contributed by atoms with Crippen LogP contribution in [-0.2, 0) is 0 Å². The summed E-state index contributed by atoms with van der Waals surface area (Å²) in [6, 6.07) is 63.0. The number of hydrogen-bond donors (Lipinski definition) is 0. The summed E-state index contributed by atoms with van der Waals surface area (Å²) in [6.45, 7) is 0. The largest absolute Gasteiger partial charge is 0.455 e. The number of furan rings is 1. The fourth-order valence-electron chi connectivity index (χ4n) is 7.48. The second-order valence-corrected chi connectivity index (χ2v) is 13.5. The van der Waals surface area contributed by atoms with Gasteiger partial charge in [-0.1, -0.05) is 121 Å². The first-order valence-electron chi connectivity index (χ1n) is 16.6. The fourth-order valence-corrected chi connectivity index (χ4v) is 8.61. The van der Waals surface area contributed by atoms with Crippen LogP contribution in [0.3, 0.4) is 0 Å². The molecule has 2 nitrogen and oxygen atoms in total. The van der Waals surface area contributed by atoms with Crippen molar-refractivity contribution in [2.45, 2.75) is 0 Å². The number of para-hydroxylation sites is 2. The molecule has 0 fully saturated rings. The molecular formula is C46H29NOS. The van der Waals surface area contributed by atoms with Gasteiger partial charge in [0.25, 0.3) is 0 Å². The molecule has 0 saturated carbocycles. The standard InChI is InChI=1S/C46H29NOS/c1-3-13-32(14-4-1)47(33-15-5-2-6-16-33)40-21-12-22-41-45(40)39-29-38(35-17-7-8-18-36(35)46(39)48-41)31-27-25-30(26-28-31)34-20-11-24-43-44(34)37-19-9-10-23-42(37)49-43/h1-29H. The minimum atomic E-state index is 0.873. The third-order valence-corrected chi connectivity index (χ3v) is 10.8. The number of benzene rings is 8. The van der Waals surface area contributed by atoms with Crippen molar-refractivity contribution < 1.29 is 4.42 Å². The molecule has 0 unspecified atom stereocenters. The van der Waals surface area contributed by atoms with Gasteiger partial charge in [-0.2, -0.15) is 0 Å². The summed E-state index contributed by atoms with van der Waals surface area (Å²) in [5.41, 5.74) is 9.93. The molecule has 0 N–H and O–H groups in total. The quantitative estimate of drug-likeness (QED) is 0.186. The number of hydrogen-bond acceptors (Lipinski definition) is 3. The van der Waals surface area contributed by atoms with Crippen LogP contribution in [0, 0.1) is 0 Å². The van der Waals surface area contributed by atoms with Crippen LogP contribution in [0.2, 0.25) is 0 Å².